The molecule has 0 unspecified atom stereocenters. The van der Waals surface area contributed by atoms with Crippen LogP contribution < -0.4 is 29.3 Å². The standard InChI is InChI=1S/C34H31ClN4O6/c1-39(2)22-14-15-26-24(18-22)30(23-11-7-8-12-25(23)35)31(37-26)33(40)38-36-19-20-10-6-9-13-27(20)45-34(41)21-16-28(42-3)32(44-5)29(17-21)43-4/h6-19,37H,1-5H3,(H,38,40). The largest absolute Gasteiger partial charge is 0.493 e. The number of rotatable bonds is 10. The normalized spacial score (nSPS) is 11.0. The molecule has 0 spiro atoms. The molecular formula is C34H31ClN4O6. The van der Waals surface area contributed by atoms with Crippen LogP contribution >= 0.6 is 11.6 Å². The van der Waals surface area contributed by atoms with Crippen molar-refractivity contribution in [3.05, 3.63) is 101 Å². The Labute approximate surface area is 265 Å². The lowest BCUT2D eigenvalue weighted by molar-refractivity contribution is 0.0733. The van der Waals surface area contributed by atoms with E-state index in [9.17, 15) is 9.59 Å². The summed E-state index contributed by atoms with van der Waals surface area (Å²) in [5.41, 5.74) is 6.64. The van der Waals surface area contributed by atoms with Gasteiger partial charge in [0.05, 0.1) is 33.1 Å². The summed E-state index contributed by atoms with van der Waals surface area (Å²) in [6.45, 7) is 0. The van der Waals surface area contributed by atoms with Gasteiger partial charge in [-0.1, -0.05) is 41.9 Å². The first-order valence-electron chi connectivity index (χ1n) is 13.8. The van der Waals surface area contributed by atoms with Crippen molar-refractivity contribution < 1.29 is 28.5 Å². The second-order valence-corrected chi connectivity index (χ2v) is 10.4. The number of nitrogens with zero attached hydrogens (tertiary/aromatic N) is 2. The highest BCUT2D eigenvalue weighted by molar-refractivity contribution is 6.34. The number of nitrogens with one attached hydrogen (secondary N) is 2. The molecule has 45 heavy (non-hydrogen) atoms. The van der Waals surface area contributed by atoms with E-state index in [2.05, 4.69) is 15.5 Å². The molecule has 0 radical (unpaired) electrons. The van der Waals surface area contributed by atoms with Crippen LogP contribution in [0.15, 0.2) is 84.0 Å². The van der Waals surface area contributed by atoms with Crippen LogP contribution in [0.5, 0.6) is 23.0 Å². The van der Waals surface area contributed by atoms with Gasteiger partial charge in [-0.25, -0.2) is 10.2 Å². The maximum atomic E-state index is 13.5. The molecule has 1 aromatic heterocycles. The van der Waals surface area contributed by atoms with E-state index in [1.807, 2.05) is 55.4 Å². The molecule has 0 aliphatic rings. The number of hydrogen-bond donors (Lipinski definition) is 2. The van der Waals surface area contributed by atoms with E-state index in [-0.39, 0.29) is 11.3 Å². The van der Waals surface area contributed by atoms with Crippen molar-refractivity contribution in [1.29, 1.82) is 0 Å². The number of carbonyl (C=O) groups is 2. The van der Waals surface area contributed by atoms with Crippen molar-refractivity contribution in [3.63, 3.8) is 0 Å². The van der Waals surface area contributed by atoms with Gasteiger partial charge in [-0.2, -0.15) is 5.10 Å². The zero-order chi connectivity index (χ0) is 32.1. The lowest BCUT2D eigenvalue weighted by atomic mass is 10.0. The Morgan fingerprint density at radius 3 is 2.22 bits per heavy atom. The molecule has 1 amide bonds. The molecule has 4 aromatic carbocycles. The fraction of sp³-hybridized carbons (Fsp3) is 0.147. The van der Waals surface area contributed by atoms with Gasteiger partial charge in [-0.05, 0) is 48.5 Å². The molecule has 5 rings (SSSR count). The van der Waals surface area contributed by atoms with Crippen LogP contribution in [0, 0.1) is 0 Å². The smallest absolute Gasteiger partial charge is 0.343 e. The van der Waals surface area contributed by atoms with Gasteiger partial charge in [0.1, 0.15) is 11.4 Å². The molecule has 10 nitrogen and oxygen atoms in total. The Kier molecular flexibility index (Phi) is 9.25. The van der Waals surface area contributed by atoms with Gasteiger partial charge < -0.3 is 28.8 Å². The number of para-hydroxylation sites is 1. The number of halogens is 1. The number of methoxy groups -OCH3 is 3. The summed E-state index contributed by atoms with van der Waals surface area (Å²) in [7, 11) is 8.29. The first kappa shape index (κ1) is 31.0. The zero-order valence-corrected chi connectivity index (χ0v) is 26.1. The Morgan fingerprint density at radius 2 is 1.56 bits per heavy atom. The number of esters is 1. The second-order valence-electron chi connectivity index (χ2n) is 10.0. The minimum absolute atomic E-state index is 0.188. The number of aromatic nitrogens is 1. The third kappa shape index (κ3) is 6.41. The SMILES string of the molecule is COc1cc(C(=O)Oc2ccccc2C=NNC(=O)c2[nH]c3ccc(N(C)C)cc3c2-c2ccccc2Cl)cc(OC)c1OC. The number of aromatic amines is 1. The highest BCUT2D eigenvalue weighted by Gasteiger charge is 2.22. The molecule has 0 aliphatic heterocycles. The second kappa shape index (κ2) is 13.4. The first-order chi connectivity index (χ1) is 21.7. The number of hydrogen-bond acceptors (Lipinski definition) is 8. The predicted molar refractivity (Wildman–Crippen MR) is 176 cm³/mol. The minimum atomic E-state index is -0.654. The Balaban J connectivity index is 1.42. The van der Waals surface area contributed by atoms with E-state index in [0.29, 0.717) is 44.7 Å². The molecule has 230 valence electrons. The monoisotopic (exact) mass is 626 g/mol. The zero-order valence-electron chi connectivity index (χ0n) is 25.3. The van der Waals surface area contributed by atoms with Crippen LogP contribution in [-0.2, 0) is 0 Å². The van der Waals surface area contributed by atoms with Gasteiger partial charge in [0.15, 0.2) is 11.5 Å². The lowest BCUT2D eigenvalue weighted by Gasteiger charge is -2.14. The molecule has 0 atom stereocenters. The number of amides is 1. The lowest BCUT2D eigenvalue weighted by Crippen LogP contribution is -2.19. The van der Waals surface area contributed by atoms with Crippen LogP contribution in [0.25, 0.3) is 22.0 Å². The summed E-state index contributed by atoms with van der Waals surface area (Å²) in [4.78, 5) is 31.8. The van der Waals surface area contributed by atoms with E-state index in [1.54, 1.807) is 30.3 Å². The van der Waals surface area contributed by atoms with Crippen LogP contribution in [0.3, 0.4) is 0 Å². The third-order valence-corrected chi connectivity index (χ3v) is 7.39. The van der Waals surface area contributed by atoms with E-state index in [4.69, 9.17) is 30.5 Å². The predicted octanol–water partition coefficient (Wildman–Crippen LogP) is 6.56. The topological polar surface area (TPSA) is 114 Å². The maximum absolute atomic E-state index is 13.5. The van der Waals surface area contributed by atoms with Gasteiger partial charge >= 0.3 is 5.97 Å². The Morgan fingerprint density at radius 1 is 0.867 bits per heavy atom. The number of fused-ring (bicyclic) bond motifs is 1. The van der Waals surface area contributed by atoms with Crippen molar-refractivity contribution in [2.75, 3.05) is 40.3 Å². The van der Waals surface area contributed by atoms with Crippen LogP contribution in [-0.4, -0.2) is 58.5 Å². The molecular weight excluding hydrogens is 596 g/mol. The number of carbonyl (C=O) groups excluding carboxylic acids is 2. The van der Waals surface area contributed by atoms with Crippen molar-refractivity contribution in [3.8, 4) is 34.1 Å². The average Bonchev–Trinajstić information content (AvgIpc) is 3.43. The summed E-state index contributed by atoms with van der Waals surface area (Å²) in [6, 6.07) is 23.0. The van der Waals surface area contributed by atoms with Gasteiger partial charge in [-0.15, -0.1) is 0 Å². The molecule has 0 aliphatic carbocycles. The van der Waals surface area contributed by atoms with Crippen LogP contribution in [0.2, 0.25) is 5.02 Å². The average molecular weight is 627 g/mol. The van der Waals surface area contributed by atoms with Crippen LogP contribution in [0.4, 0.5) is 5.69 Å². The van der Waals surface area contributed by atoms with Crippen molar-refractivity contribution in [2.45, 2.75) is 0 Å². The van der Waals surface area contributed by atoms with Crippen LogP contribution in [0.1, 0.15) is 26.4 Å². The summed E-state index contributed by atoms with van der Waals surface area (Å²) < 4.78 is 21.7. The van der Waals surface area contributed by atoms with Gasteiger partial charge in [0.25, 0.3) is 5.91 Å². The number of H-pyrrole nitrogens is 1. The molecule has 0 saturated heterocycles. The van der Waals surface area contributed by atoms with Gasteiger partial charge in [-0.3, -0.25) is 4.79 Å². The maximum Gasteiger partial charge on any atom is 0.343 e. The quantitative estimate of drug-likeness (QED) is 0.0780. The first-order valence-corrected chi connectivity index (χ1v) is 14.2. The summed E-state index contributed by atoms with van der Waals surface area (Å²) in [5.74, 6) is 0.0766. The van der Waals surface area contributed by atoms with Crippen molar-refractivity contribution in [2.24, 2.45) is 5.10 Å². The van der Waals surface area contributed by atoms with Gasteiger partial charge in [0.2, 0.25) is 5.75 Å². The molecule has 11 heteroatoms. The highest BCUT2D eigenvalue weighted by Crippen LogP contribution is 2.39. The van der Waals surface area contributed by atoms with E-state index < -0.39 is 11.9 Å². The molecule has 2 N–H and O–H groups in total. The van der Waals surface area contributed by atoms with E-state index in [0.717, 1.165) is 16.6 Å². The Bertz CT molecular complexity index is 1890. The fourth-order valence-corrected chi connectivity index (χ4v) is 5.06. The molecule has 0 bridgehead atoms. The number of hydrazone groups is 1. The summed E-state index contributed by atoms with van der Waals surface area (Å²) >= 11 is 6.58. The summed E-state index contributed by atoms with van der Waals surface area (Å²) in [6.07, 6.45) is 1.40. The molecule has 0 fully saturated rings. The molecule has 5 aromatic rings. The fourth-order valence-electron chi connectivity index (χ4n) is 4.83. The van der Waals surface area contributed by atoms with Crippen molar-refractivity contribution >= 4 is 46.3 Å². The third-order valence-electron chi connectivity index (χ3n) is 7.06. The minimum Gasteiger partial charge on any atom is -0.493 e. The van der Waals surface area contributed by atoms with E-state index >= 15 is 0 Å². The van der Waals surface area contributed by atoms with E-state index in [1.165, 1.54) is 39.7 Å². The highest BCUT2D eigenvalue weighted by atomic mass is 35.5. The number of ether oxygens (including phenoxy) is 4. The van der Waals surface area contributed by atoms with Gasteiger partial charge in [0, 0.05) is 52.4 Å². The number of benzene rings is 4. The number of anilines is 1. The summed E-state index contributed by atoms with van der Waals surface area (Å²) in [5, 5.41) is 5.52. The Hall–Kier alpha value is -5.48. The molecule has 1 heterocycles. The molecule has 0 saturated carbocycles. The van der Waals surface area contributed by atoms with Crippen molar-refractivity contribution in [1.82, 2.24) is 10.4 Å².